The maximum Gasteiger partial charge on any atom is 0.125 e. The lowest BCUT2D eigenvalue weighted by atomic mass is 10.1. The lowest BCUT2D eigenvalue weighted by Crippen LogP contribution is -2.02. The predicted octanol–water partition coefficient (Wildman–Crippen LogP) is 4.85. The molecule has 0 saturated carbocycles. The van der Waals surface area contributed by atoms with Crippen LogP contribution in [-0.2, 0) is 0 Å². The van der Waals surface area contributed by atoms with Crippen molar-refractivity contribution in [2.24, 2.45) is 0 Å². The minimum atomic E-state index is -0.502. The monoisotopic (exact) mass is 314 g/mol. The van der Waals surface area contributed by atoms with Gasteiger partial charge >= 0.3 is 0 Å². The van der Waals surface area contributed by atoms with Crippen molar-refractivity contribution >= 4 is 15.9 Å². The van der Waals surface area contributed by atoms with Gasteiger partial charge in [-0.25, -0.2) is 0 Å². The molecule has 1 aromatic rings. The van der Waals surface area contributed by atoms with Gasteiger partial charge in [0, 0.05) is 10.0 Å². The van der Waals surface area contributed by atoms with Crippen LogP contribution < -0.4 is 4.74 Å². The zero-order valence-electron chi connectivity index (χ0n) is 11.3. The van der Waals surface area contributed by atoms with Gasteiger partial charge in [-0.15, -0.1) is 0 Å². The van der Waals surface area contributed by atoms with Gasteiger partial charge in [0.05, 0.1) is 12.7 Å². The summed E-state index contributed by atoms with van der Waals surface area (Å²) in [4.78, 5) is 0. The summed E-state index contributed by atoms with van der Waals surface area (Å²) in [5.41, 5.74) is 0.845. The van der Waals surface area contributed by atoms with Crippen molar-refractivity contribution in [3.63, 3.8) is 0 Å². The Hall–Kier alpha value is -0.540. The Labute approximate surface area is 118 Å². The van der Waals surface area contributed by atoms with E-state index in [1.54, 1.807) is 6.92 Å². The number of hydrogen-bond acceptors (Lipinski definition) is 2. The van der Waals surface area contributed by atoms with Crippen LogP contribution in [0.3, 0.4) is 0 Å². The van der Waals surface area contributed by atoms with E-state index >= 15 is 0 Å². The van der Waals surface area contributed by atoms with Gasteiger partial charge < -0.3 is 9.84 Å². The van der Waals surface area contributed by atoms with Gasteiger partial charge in [-0.3, -0.25) is 0 Å². The molecule has 1 N–H and O–H groups in total. The molecule has 0 saturated heterocycles. The van der Waals surface area contributed by atoms with Crippen molar-refractivity contribution < 1.29 is 9.84 Å². The maximum atomic E-state index is 9.70. The molecule has 0 unspecified atom stereocenters. The summed E-state index contributed by atoms with van der Waals surface area (Å²) in [7, 11) is 0. The SMILES string of the molecule is CCCCCCCOc1ccc(Br)cc1[C@H](C)O. The summed E-state index contributed by atoms with van der Waals surface area (Å²) in [5, 5.41) is 9.70. The second kappa shape index (κ2) is 8.54. The van der Waals surface area contributed by atoms with Gasteiger partial charge in [-0.2, -0.15) is 0 Å². The predicted molar refractivity (Wildman–Crippen MR) is 79.0 cm³/mol. The fourth-order valence-electron chi connectivity index (χ4n) is 1.86. The van der Waals surface area contributed by atoms with Gasteiger partial charge in [0.25, 0.3) is 0 Å². The van der Waals surface area contributed by atoms with E-state index < -0.39 is 6.10 Å². The number of rotatable bonds is 8. The molecule has 2 nitrogen and oxygen atoms in total. The molecule has 1 atom stereocenters. The summed E-state index contributed by atoms with van der Waals surface area (Å²) in [6, 6.07) is 5.77. The highest BCUT2D eigenvalue weighted by molar-refractivity contribution is 9.10. The Bertz CT molecular complexity index is 350. The van der Waals surface area contributed by atoms with E-state index in [1.807, 2.05) is 18.2 Å². The Morgan fingerprint density at radius 2 is 1.94 bits per heavy atom. The van der Waals surface area contributed by atoms with Crippen molar-refractivity contribution in [3.8, 4) is 5.75 Å². The molecule has 0 amide bonds. The number of hydrogen-bond donors (Lipinski definition) is 1. The topological polar surface area (TPSA) is 29.5 Å². The molecule has 0 fully saturated rings. The molecule has 0 aromatic heterocycles. The molecule has 1 rings (SSSR count). The lowest BCUT2D eigenvalue weighted by Gasteiger charge is -2.13. The molecule has 0 radical (unpaired) electrons. The minimum Gasteiger partial charge on any atom is -0.493 e. The molecule has 102 valence electrons. The van der Waals surface area contributed by atoms with Crippen LogP contribution in [0.1, 0.15) is 57.6 Å². The number of aliphatic hydroxyl groups excluding tert-OH is 1. The first-order valence-corrected chi connectivity index (χ1v) is 7.54. The smallest absolute Gasteiger partial charge is 0.125 e. The van der Waals surface area contributed by atoms with Gasteiger partial charge in [-0.05, 0) is 31.5 Å². The van der Waals surface area contributed by atoms with Crippen LogP contribution in [0.5, 0.6) is 5.75 Å². The molecule has 0 aliphatic rings. The van der Waals surface area contributed by atoms with Crippen LogP contribution in [0.15, 0.2) is 22.7 Å². The van der Waals surface area contributed by atoms with E-state index in [9.17, 15) is 5.11 Å². The highest BCUT2D eigenvalue weighted by Crippen LogP contribution is 2.28. The number of ether oxygens (including phenoxy) is 1. The highest BCUT2D eigenvalue weighted by atomic mass is 79.9. The third-order valence-corrected chi connectivity index (χ3v) is 3.42. The van der Waals surface area contributed by atoms with E-state index in [2.05, 4.69) is 22.9 Å². The van der Waals surface area contributed by atoms with Crippen LogP contribution in [0, 0.1) is 0 Å². The number of aliphatic hydroxyl groups is 1. The van der Waals surface area contributed by atoms with E-state index in [0.29, 0.717) is 0 Å². The largest absolute Gasteiger partial charge is 0.493 e. The molecule has 1 aromatic carbocycles. The fourth-order valence-corrected chi connectivity index (χ4v) is 2.24. The number of unbranched alkanes of at least 4 members (excludes halogenated alkanes) is 4. The summed E-state index contributed by atoms with van der Waals surface area (Å²) < 4.78 is 6.72. The fraction of sp³-hybridized carbons (Fsp3) is 0.600. The van der Waals surface area contributed by atoms with E-state index in [1.165, 1.54) is 25.7 Å². The molecule has 18 heavy (non-hydrogen) atoms. The lowest BCUT2D eigenvalue weighted by molar-refractivity contribution is 0.190. The minimum absolute atomic E-state index is 0.502. The van der Waals surface area contributed by atoms with Crippen LogP contribution in [0.4, 0.5) is 0 Å². The van der Waals surface area contributed by atoms with Crippen molar-refractivity contribution in [3.05, 3.63) is 28.2 Å². The normalized spacial score (nSPS) is 12.4. The third-order valence-electron chi connectivity index (χ3n) is 2.93. The van der Waals surface area contributed by atoms with Crippen molar-refractivity contribution in [1.29, 1.82) is 0 Å². The molecule has 0 aliphatic carbocycles. The van der Waals surface area contributed by atoms with Crippen LogP contribution in [0.2, 0.25) is 0 Å². The van der Waals surface area contributed by atoms with Gasteiger partial charge in [0.2, 0.25) is 0 Å². The standard InChI is InChI=1S/C15H23BrO2/c1-3-4-5-6-7-10-18-15-9-8-13(16)11-14(15)12(2)17/h8-9,11-12,17H,3-7,10H2,1-2H3/t12-/m0/s1. The molecule has 0 aliphatic heterocycles. The second-order valence-corrected chi connectivity index (χ2v) is 5.54. The second-order valence-electron chi connectivity index (χ2n) is 4.62. The Kier molecular flexibility index (Phi) is 7.36. The van der Waals surface area contributed by atoms with E-state index in [4.69, 9.17) is 4.74 Å². The average molecular weight is 315 g/mol. The van der Waals surface area contributed by atoms with Crippen LogP contribution >= 0.6 is 15.9 Å². The quantitative estimate of drug-likeness (QED) is 0.695. The highest BCUT2D eigenvalue weighted by Gasteiger charge is 2.09. The van der Waals surface area contributed by atoms with Crippen molar-refractivity contribution in [2.45, 2.75) is 52.1 Å². The first-order chi connectivity index (χ1) is 8.65. The zero-order valence-corrected chi connectivity index (χ0v) is 12.9. The first kappa shape index (κ1) is 15.5. The molecular formula is C15H23BrO2. The molecule has 0 bridgehead atoms. The number of halogens is 1. The number of benzene rings is 1. The van der Waals surface area contributed by atoms with Crippen molar-refractivity contribution in [2.75, 3.05) is 6.61 Å². The summed E-state index contributed by atoms with van der Waals surface area (Å²) in [6.45, 7) is 4.70. The van der Waals surface area contributed by atoms with Gasteiger partial charge in [-0.1, -0.05) is 48.5 Å². The van der Waals surface area contributed by atoms with Crippen molar-refractivity contribution in [1.82, 2.24) is 0 Å². The molecule has 0 heterocycles. The third kappa shape index (κ3) is 5.40. The van der Waals surface area contributed by atoms with E-state index in [-0.39, 0.29) is 0 Å². The summed E-state index contributed by atoms with van der Waals surface area (Å²) in [6.07, 6.45) is 5.64. The van der Waals surface area contributed by atoms with Crippen LogP contribution in [0.25, 0.3) is 0 Å². The molecular weight excluding hydrogens is 292 g/mol. The van der Waals surface area contributed by atoms with E-state index in [0.717, 1.165) is 28.8 Å². The Morgan fingerprint density at radius 3 is 2.61 bits per heavy atom. The molecule has 0 spiro atoms. The Morgan fingerprint density at radius 1 is 1.22 bits per heavy atom. The summed E-state index contributed by atoms with van der Waals surface area (Å²) >= 11 is 3.41. The maximum absolute atomic E-state index is 9.70. The van der Waals surface area contributed by atoms with Crippen LogP contribution in [-0.4, -0.2) is 11.7 Å². The average Bonchev–Trinajstić information content (AvgIpc) is 2.35. The Balaban J connectivity index is 2.42. The van der Waals surface area contributed by atoms with Gasteiger partial charge in [0.1, 0.15) is 5.75 Å². The zero-order chi connectivity index (χ0) is 13.4. The molecule has 3 heteroatoms. The first-order valence-electron chi connectivity index (χ1n) is 6.75. The van der Waals surface area contributed by atoms with Gasteiger partial charge in [0.15, 0.2) is 0 Å². The summed E-state index contributed by atoms with van der Waals surface area (Å²) in [5.74, 6) is 0.795.